The molecule has 0 fully saturated rings. The van der Waals surface area contributed by atoms with Crippen LogP contribution in [0.15, 0.2) is 36.4 Å². The third-order valence-corrected chi connectivity index (χ3v) is 3.03. The lowest BCUT2D eigenvalue weighted by molar-refractivity contribution is 0.0693. The molecule has 0 bridgehead atoms. The fourth-order valence-corrected chi connectivity index (χ4v) is 1.94. The van der Waals surface area contributed by atoms with E-state index in [2.05, 4.69) is 0 Å². The fourth-order valence-electron chi connectivity index (χ4n) is 1.94. The molecule has 21 heavy (non-hydrogen) atoms. The summed E-state index contributed by atoms with van der Waals surface area (Å²) in [6.07, 6.45) is 0. The Hall–Kier alpha value is -2.56. The molecule has 0 saturated carbocycles. The highest BCUT2D eigenvalue weighted by molar-refractivity contribution is 5.90. The van der Waals surface area contributed by atoms with E-state index in [9.17, 15) is 9.18 Å². The molecule has 0 aliphatic rings. The molecule has 0 spiro atoms. The average molecular weight is 290 g/mol. The van der Waals surface area contributed by atoms with E-state index >= 15 is 0 Å². The third-order valence-electron chi connectivity index (χ3n) is 3.03. The lowest BCUT2D eigenvalue weighted by atomic mass is 10.1. The van der Waals surface area contributed by atoms with Gasteiger partial charge in [0.05, 0.1) is 7.11 Å². The second-order valence-corrected chi connectivity index (χ2v) is 4.54. The molecule has 2 aromatic rings. The van der Waals surface area contributed by atoms with Gasteiger partial charge in [-0.2, -0.15) is 0 Å². The Labute approximate surface area is 121 Å². The van der Waals surface area contributed by atoms with Gasteiger partial charge in [-0.15, -0.1) is 0 Å². The summed E-state index contributed by atoms with van der Waals surface area (Å²) in [5, 5.41) is 9.01. The van der Waals surface area contributed by atoms with E-state index in [0.29, 0.717) is 11.3 Å². The first-order valence-electron chi connectivity index (χ1n) is 6.30. The predicted molar refractivity (Wildman–Crippen MR) is 75.4 cm³/mol. The first-order chi connectivity index (χ1) is 10.0. The summed E-state index contributed by atoms with van der Waals surface area (Å²) in [5.41, 5.74) is 1.56. The van der Waals surface area contributed by atoms with Crippen LogP contribution in [0.1, 0.15) is 21.5 Å². The minimum Gasteiger partial charge on any atom is -0.496 e. The van der Waals surface area contributed by atoms with Gasteiger partial charge < -0.3 is 14.6 Å². The van der Waals surface area contributed by atoms with Gasteiger partial charge >= 0.3 is 5.97 Å². The Morgan fingerprint density at radius 1 is 1.19 bits per heavy atom. The number of ether oxygens (including phenoxy) is 2. The van der Waals surface area contributed by atoms with Crippen molar-refractivity contribution >= 4 is 5.97 Å². The van der Waals surface area contributed by atoms with E-state index in [1.54, 1.807) is 25.1 Å². The minimum absolute atomic E-state index is 0.0965. The van der Waals surface area contributed by atoms with Gasteiger partial charge in [-0.05, 0) is 48.4 Å². The number of rotatable bonds is 5. The molecule has 0 saturated heterocycles. The van der Waals surface area contributed by atoms with Crippen molar-refractivity contribution in [1.82, 2.24) is 0 Å². The van der Waals surface area contributed by atoms with Crippen molar-refractivity contribution in [1.29, 1.82) is 0 Å². The molecule has 0 aliphatic heterocycles. The van der Waals surface area contributed by atoms with Gasteiger partial charge in [0.15, 0.2) is 0 Å². The molecule has 0 aliphatic carbocycles. The maximum Gasteiger partial charge on any atom is 0.339 e. The summed E-state index contributed by atoms with van der Waals surface area (Å²) in [6.45, 7) is 2.00. The summed E-state index contributed by atoms with van der Waals surface area (Å²) in [5.74, 6) is -0.502. The molecule has 0 amide bonds. The maximum absolute atomic E-state index is 13.0. The average Bonchev–Trinajstić information content (AvgIpc) is 2.45. The molecule has 4 nitrogen and oxygen atoms in total. The van der Waals surface area contributed by atoms with Gasteiger partial charge in [-0.1, -0.05) is 6.07 Å². The van der Waals surface area contributed by atoms with E-state index in [1.165, 1.54) is 25.3 Å². The third kappa shape index (κ3) is 3.51. The van der Waals surface area contributed by atoms with Crippen molar-refractivity contribution in [3.05, 3.63) is 58.9 Å². The number of aryl methyl sites for hydroxylation is 1. The number of benzene rings is 2. The lowest BCUT2D eigenvalue weighted by Gasteiger charge is -2.11. The van der Waals surface area contributed by atoms with Crippen molar-refractivity contribution in [2.24, 2.45) is 0 Å². The molecule has 2 rings (SSSR count). The monoisotopic (exact) mass is 290 g/mol. The Morgan fingerprint density at radius 3 is 2.57 bits per heavy atom. The zero-order valence-corrected chi connectivity index (χ0v) is 11.7. The number of carboxylic acid groups (broad SMARTS) is 1. The summed E-state index contributed by atoms with van der Waals surface area (Å²) in [7, 11) is 1.41. The summed E-state index contributed by atoms with van der Waals surface area (Å²) >= 11 is 0. The largest absolute Gasteiger partial charge is 0.496 e. The van der Waals surface area contributed by atoms with Crippen LogP contribution in [0.5, 0.6) is 11.5 Å². The number of hydrogen-bond acceptors (Lipinski definition) is 3. The van der Waals surface area contributed by atoms with E-state index < -0.39 is 5.97 Å². The molecule has 2 aromatic carbocycles. The normalized spacial score (nSPS) is 10.2. The molecular formula is C16H15FO4. The van der Waals surface area contributed by atoms with Crippen molar-refractivity contribution < 1.29 is 23.8 Å². The fraction of sp³-hybridized carbons (Fsp3) is 0.188. The standard InChI is InChI=1S/C16H15FO4/c1-10-7-12(17)4-6-14(10)21-9-11-3-5-13(16(18)19)15(8-11)20-2/h3-8H,9H2,1-2H3,(H,18,19). The Kier molecular flexibility index (Phi) is 4.42. The zero-order chi connectivity index (χ0) is 15.4. The predicted octanol–water partition coefficient (Wildman–Crippen LogP) is 3.42. The minimum atomic E-state index is -1.05. The van der Waals surface area contributed by atoms with Gasteiger partial charge in [-0.3, -0.25) is 0 Å². The van der Waals surface area contributed by atoms with Gasteiger partial charge in [-0.25, -0.2) is 9.18 Å². The highest BCUT2D eigenvalue weighted by Gasteiger charge is 2.11. The zero-order valence-electron chi connectivity index (χ0n) is 11.7. The number of aromatic carboxylic acids is 1. The van der Waals surface area contributed by atoms with Crippen molar-refractivity contribution in [2.75, 3.05) is 7.11 Å². The molecular weight excluding hydrogens is 275 g/mol. The van der Waals surface area contributed by atoms with Crippen LogP contribution in [0.3, 0.4) is 0 Å². The molecule has 0 aromatic heterocycles. The SMILES string of the molecule is COc1cc(COc2ccc(F)cc2C)ccc1C(=O)O. The van der Waals surface area contributed by atoms with Crippen LogP contribution in [0.4, 0.5) is 4.39 Å². The second kappa shape index (κ2) is 6.26. The van der Waals surface area contributed by atoms with Crippen LogP contribution < -0.4 is 9.47 Å². The van der Waals surface area contributed by atoms with Crippen molar-refractivity contribution in [3.8, 4) is 11.5 Å². The molecule has 1 N–H and O–H groups in total. The van der Waals surface area contributed by atoms with Crippen molar-refractivity contribution in [3.63, 3.8) is 0 Å². The number of carbonyl (C=O) groups is 1. The first kappa shape index (κ1) is 14.8. The summed E-state index contributed by atoms with van der Waals surface area (Å²) in [6, 6.07) is 9.03. The molecule has 0 unspecified atom stereocenters. The Balaban J connectivity index is 2.15. The number of hydrogen-bond donors (Lipinski definition) is 1. The van der Waals surface area contributed by atoms with Gasteiger partial charge in [0.2, 0.25) is 0 Å². The number of methoxy groups -OCH3 is 1. The van der Waals surface area contributed by atoms with Crippen LogP contribution in [0.2, 0.25) is 0 Å². The van der Waals surface area contributed by atoms with E-state index in [-0.39, 0.29) is 23.7 Å². The molecule has 0 radical (unpaired) electrons. The number of halogens is 1. The van der Waals surface area contributed by atoms with E-state index in [4.69, 9.17) is 14.6 Å². The molecule has 5 heteroatoms. The number of carboxylic acids is 1. The van der Waals surface area contributed by atoms with Crippen LogP contribution >= 0.6 is 0 Å². The quantitative estimate of drug-likeness (QED) is 0.916. The van der Waals surface area contributed by atoms with Crippen LogP contribution in [0, 0.1) is 12.7 Å². The molecule has 110 valence electrons. The van der Waals surface area contributed by atoms with Crippen molar-refractivity contribution in [2.45, 2.75) is 13.5 Å². The Bertz CT molecular complexity index is 667. The van der Waals surface area contributed by atoms with E-state index in [1.807, 2.05) is 0 Å². The van der Waals surface area contributed by atoms with Crippen LogP contribution in [-0.4, -0.2) is 18.2 Å². The van der Waals surface area contributed by atoms with Crippen LogP contribution in [-0.2, 0) is 6.61 Å². The summed E-state index contributed by atoms with van der Waals surface area (Å²) < 4.78 is 23.7. The lowest BCUT2D eigenvalue weighted by Crippen LogP contribution is -2.03. The topological polar surface area (TPSA) is 55.8 Å². The second-order valence-electron chi connectivity index (χ2n) is 4.54. The summed E-state index contributed by atoms with van der Waals surface area (Å²) in [4.78, 5) is 11.0. The van der Waals surface area contributed by atoms with Crippen LogP contribution in [0.25, 0.3) is 0 Å². The maximum atomic E-state index is 13.0. The highest BCUT2D eigenvalue weighted by Crippen LogP contribution is 2.23. The molecule has 0 atom stereocenters. The highest BCUT2D eigenvalue weighted by atomic mass is 19.1. The first-order valence-corrected chi connectivity index (χ1v) is 6.30. The van der Waals surface area contributed by atoms with Gasteiger partial charge in [0.25, 0.3) is 0 Å². The Morgan fingerprint density at radius 2 is 1.95 bits per heavy atom. The van der Waals surface area contributed by atoms with Gasteiger partial charge in [0.1, 0.15) is 29.5 Å². The van der Waals surface area contributed by atoms with Gasteiger partial charge in [0, 0.05) is 0 Å². The van der Waals surface area contributed by atoms with E-state index in [0.717, 1.165) is 5.56 Å². The molecule has 0 heterocycles. The smallest absolute Gasteiger partial charge is 0.339 e.